The predicted molar refractivity (Wildman–Crippen MR) is 85.6 cm³/mol. The number of fused-ring (bicyclic) bond motifs is 1. The molecule has 1 fully saturated rings. The summed E-state index contributed by atoms with van der Waals surface area (Å²) in [5.74, 6) is 0.0910. The first-order valence-corrected chi connectivity index (χ1v) is 7.76. The van der Waals surface area contributed by atoms with Gasteiger partial charge in [-0.1, -0.05) is 18.2 Å². The Morgan fingerprint density at radius 1 is 1.33 bits per heavy atom. The standard InChI is InChI=1S/C17H23N3O/c1-13(15-11-18-12-15)17(21)19-8-4-9-20-10-7-14-5-2-3-6-16(14)20/h2-3,5-6,18H,4,7-12H2,1H3,(H,19,21). The highest BCUT2D eigenvalue weighted by Crippen LogP contribution is 2.27. The second-order valence-corrected chi connectivity index (χ2v) is 5.81. The molecule has 2 heterocycles. The van der Waals surface area contributed by atoms with Gasteiger partial charge in [-0.25, -0.2) is 0 Å². The average Bonchev–Trinajstić information content (AvgIpc) is 2.85. The Morgan fingerprint density at radius 2 is 2.14 bits per heavy atom. The van der Waals surface area contributed by atoms with Crippen molar-refractivity contribution < 1.29 is 4.79 Å². The van der Waals surface area contributed by atoms with Crippen molar-refractivity contribution in [1.29, 1.82) is 0 Å². The summed E-state index contributed by atoms with van der Waals surface area (Å²) in [6.07, 6.45) is 2.13. The maximum atomic E-state index is 12.0. The van der Waals surface area contributed by atoms with Gasteiger partial charge in [-0.05, 0) is 37.0 Å². The Morgan fingerprint density at radius 3 is 2.90 bits per heavy atom. The molecule has 4 heteroatoms. The summed E-state index contributed by atoms with van der Waals surface area (Å²) in [7, 11) is 0. The number of amides is 1. The molecule has 0 aliphatic carbocycles. The van der Waals surface area contributed by atoms with E-state index in [1.807, 2.05) is 6.92 Å². The molecule has 0 bridgehead atoms. The van der Waals surface area contributed by atoms with Crippen LogP contribution in [0.25, 0.3) is 0 Å². The number of rotatable bonds is 5. The number of hydrogen-bond acceptors (Lipinski definition) is 3. The van der Waals surface area contributed by atoms with Gasteiger partial charge in [0, 0.05) is 44.0 Å². The van der Waals surface area contributed by atoms with E-state index in [-0.39, 0.29) is 5.91 Å². The van der Waals surface area contributed by atoms with E-state index in [0.29, 0.717) is 0 Å². The van der Waals surface area contributed by atoms with Crippen LogP contribution in [0.5, 0.6) is 0 Å². The molecule has 2 N–H and O–H groups in total. The number of hydrogen-bond donors (Lipinski definition) is 2. The molecule has 1 aromatic rings. The monoisotopic (exact) mass is 285 g/mol. The lowest BCUT2D eigenvalue weighted by atomic mass is 10.0. The zero-order valence-corrected chi connectivity index (χ0v) is 12.6. The molecule has 1 amide bonds. The summed E-state index contributed by atoms with van der Waals surface area (Å²) in [6, 6.07) is 8.60. The first kappa shape index (κ1) is 14.1. The highest BCUT2D eigenvalue weighted by molar-refractivity contribution is 5.93. The molecule has 2 aliphatic rings. The van der Waals surface area contributed by atoms with Gasteiger partial charge in [0.05, 0.1) is 0 Å². The van der Waals surface area contributed by atoms with Gasteiger partial charge in [0.15, 0.2) is 0 Å². The van der Waals surface area contributed by atoms with Crippen molar-refractivity contribution in [2.75, 3.05) is 37.6 Å². The van der Waals surface area contributed by atoms with Gasteiger partial charge >= 0.3 is 0 Å². The summed E-state index contributed by atoms with van der Waals surface area (Å²) in [5.41, 5.74) is 4.93. The van der Waals surface area contributed by atoms with E-state index < -0.39 is 0 Å². The lowest BCUT2D eigenvalue weighted by molar-refractivity contribution is -0.117. The Balaban J connectivity index is 1.42. The molecule has 0 radical (unpaired) electrons. The first-order valence-electron chi connectivity index (χ1n) is 7.76. The van der Waals surface area contributed by atoms with E-state index in [4.69, 9.17) is 0 Å². The maximum absolute atomic E-state index is 12.0. The topological polar surface area (TPSA) is 44.4 Å². The van der Waals surface area contributed by atoms with E-state index in [1.54, 1.807) is 0 Å². The first-order chi connectivity index (χ1) is 10.3. The van der Waals surface area contributed by atoms with Crippen LogP contribution in [0.15, 0.2) is 35.4 Å². The third-order valence-electron chi connectivity index (χ3n) is 4.42. The Labute approximate surface area is 126 Å². The second-order valence-electron chi connectivity index (χ2n) is 5.81. The van der Waals surface area contributed by atoms with Crippen LogP contribution < -0.4 is 15.5 Å². The van der Waals surface area contributed by atoms with Crippen LogP contribution in [0.4, 0.5) is 5.69 Å². The molecule has 0 atom stereocenters. The average molecular weight is 285 g/mol. The van der Waals surface area contributed by atoms with Crippen LogP contribution in [-0.4, -0.2) is 38.6 Å². The zero-order valence-electron chi connectivity index (χ0n) is 12.6. The second kappa shape index (κ2) is 6.31. The van der Waals surface area contributed by atoms with E-state index >= 15 is 0 Å². The van der Waals surface area contributed by atoms with Crippen molar-refractivity contribution in [3.63, 3.8) is 0 Å². The molecule has 21 heavy (non-hydrogen) atoms. The predicted octanol–water partition coefficient (Wildman–Crippen LogP) is 1.48. The van der Waals surface area contributed by atoms with Gasteiger partial charge in [0.25, 0.3) is 0 Å². The number of anilines is 1. The van der Waals surface area contributed by atoms with E-state index in [1.165, 1.54) is 16.8 Å². The molecule has 0 saturated carbocycles. The number of carbonyl (C=O) groups is 1. The van der Waals surface area contributed by atoms with Crippen LogP contribution in [0.3, 0.4) is 0 Å². The summed E-state index contributed by atoms with van der Waals surface area (Å²) in [6.45, 7) is 6.50. The SMILES string of the molecule is CC(C(=O)NCCCN1CCc2ccccc21)=C1CNC1. The number of para-hydroxylation sites is 1. The highest BCUT2D eigenvalue weighted by Gasteiger charge is 2.18. The molecule has 0 aromatic heterocycles. The summed E-state index contributed by atoms with van der Waals surface area (Å²) < 4.78 is 0. The third kappa shape index (κ3) is 3.10. The zero-order chi connectivity index (χ0) is 14.7. The summed E-state index contributed by atoms with van der Waals surface area (Å²) in [5, 5.41) is 6.19. The lowest BCUT2D eigenvalue weighted by Gasteiger charge is -2.22. The number of nitrogens with one attached hydrogen (secondary N) is 2. The largest absolute Gasteiger partial charge is 0.371 e. The van der Waals surface area contributed by atoms with Gasteiger partial charge in [-0.15, -0.1) is 0 Å². The minimum atomic E-state index is 0.0910. The fourth-order valence-electron chi connectivity index (χ4n) is 2.92. The Kier molecular flexibility index (Phi) is 4.25. The van der Waals surface area contributed by atoms with Crippen LogP contribution >= 0.6 is 0 Å². The number of benzene rings is 1. The quantitative estimate of drug-likeness (QED) is 0.636. The molecule has 1 saturated heterocycles. The summed E-state index contributed by atoms with van der Waals surface area (Å²) >= 11 is 0. The smallest absolute Gasteiger partial charge is 0.246 e. The van der Waals surface area contributed by atoms with Crippen LogP contribution in [-0.2, 0) is 11.2 Å². The van der Waals surface area contributed by atoms with Crippen molar-refractivity contribution in [2.24, 2.45) is 0 Å². The maximum Gasteiger partial charge on any atom is 0.246 e. The normalized spacial score (nSPS) is 16.4. The van der Waals surface area contributed by atoms with E-state index in [9.17, 15) is 4.79 Å². The third-order valence-corrected chi connectivity index (χ3v) is 4.42. The van der Waals surface area contributed by atoms with Gasteiger partial charge in [0.2, 0.25) is 5.91 Å². The van der Waals surface area contributed by atoms with Crippen molar-refractivity contribution >= 4 is 11.6 Å². The van der Waals surface area contributed by atoms with Crippen molar-refractivity contribution in [2.45, 2.75) is 19.8 Å². The minimum Gasteiger partial charge on any atom is -0.371 e. The van der Waals surface area contributed by atoms with Crippen molar-refractivity contribution in [3.8, 4) is 0 Å². The van der Waals surface area contributed by atoms with Gasteiger partial charge in [-0.2, -0.15) is 0 Å². The lowest BCUT2D eigenvalue weighted by Crippen LogP contribution is -2.38. The van der Waals surface area contributed by atoms with E-state index in [2.05, 4.69) is 39.8 Å². The number of carbonyl (C=O) groups excluding carboxylic acids is 1. The highest BCUT2D eigenvalue weighted by atomic mass is 16.1. The fraction of sp³-hybridized carbons (Fsp3) is 0.471. The molecule has 3 rings (SSSR count). The molecule has 1 aromatic carbocycles. The molecule has 2 aliphatic heterocycles. The Hall–Kier alpha value is -1.81. The molecular formula is C17H23N3O. The van der Waals surface area contributed by atoms with Crippen LogP contribution in [0.1, 0.15) is 18.9 Å². The number of nitrogens with zero attached hydrogens (tertiary/aromatic N) is 1. The molecule has 4 nitrogen and oxygen atoms in total. The summed E-state index contributed by atoms with van der Waals surface area (Å²) in [4.78, 5) is 14.4. The van der Waals surface area contributed by atoms with E-state index in [0.717, 1.165) is 51.1 Å². The van der Waals surface area contributed by atoms with Crippen molar-refractivity contribution in [3.05, 3.63) is 41.0 Å². The van der Waals surface area contributed by atoms with Gasteiger partial charge in [0.1, 0.15) is 0 Å². The minimum absolute atomic E-state index is 0.0910. The Bertz CT molecular complexity index is 559. The van der Waals surface area contributed by atoms with Crippen LogP contribution in [0.2, 0.25) is 0 Å². The van der Waals surface area contributed by atoms with Gasteiger partial charge in [-0.3, -0.25) is 4.79 Å². The molecule has 0 spiro atoms. The molecule has 112 valence electrons. The van der Waals surface area contributed by atoms with Gasteiger partial charge < -0.3 is 15.5 Å². The molecule has 0 unspecified atom stereocenters. The van der Waals surface area contributed by atoms with Crippen LogP contribution in [0, 0.1) is 0 Å². The fourth-order valence-corrected chi connectivity index (χ4v) is 2.92. The molecular weight excluding hydrogens is 262 g/mol. The van der Waals surface area contributed by atoms with Crippen molar-refractivity contribution in [1.82, 2.24) is 10.6 Å².